The van der Waals surface area contributed by atoms with Crippen LogP contribution >= 0.6 is 0 Å². The van der Waals surface area contributed by atoms with Crippen LogP contribution < -0.4 is 10.1 Å². The van der Waals surface area contributed by atoms with Crippen molar-refractivity contribution in [3.8, 4) is 5.75 Å². The molecule has 0 saturated carbocycles. The SMILES string of the molecule is CCOc1ccc(Nc2ncccc2C(=O)OCC(=O)c2cc(C)n([C@H](C)COC)c2C)cc1. The van der Waals surface area contributed by atoms with E-state index in [1.807, 2.05) is 58.0 Å². The van der Waals surface area contributed by atoms with Gasteiger partial charge in [0.25, 0.3) is 0 Å². The molecular formula is C26H31N3O5. The van der Waals surface area contributed by atoms with E-state index in [9.17, 15) is 9.59 Å². The smallest absolute Gasteiger partial charge is 0.342 e. The van der Waals surface area contributed by atoms with Gasteiger partial charge in [-0.1, -0.05) is 0 Å². The maximum absolute atomic E-state index is 12.8. The van der Waals surface area contributed by atoms with Gasteiger partial charge in [-0.25, -0.2) is 9.78 Å². The zero-order valence-corrected chi connectivity index (χ0v) is 20.3. The number of nitrogens with zero attached hydrogens (tertiary/aromatic N) is 2. The van der Waals surface area contributed by atoms with Crippen LogP contribution in [0.25, 0.3) is 0 Å². The molecule has 2 heterocycles. The van der Waals surface area contributed by atoms with E-state index in [1.54, 1.807) is 25.4 Å². The first-order chi connectivity index (χ1) is 16.3. The summed E-state index contributed by atoms with van der Waals surface area (Å²) in [6.45, 7) is 8.52. The maximum Gasteiger partial charge on any atom is 0.342 e. The van der Waals surface area contributed by atoms with Crippen LogP contribution in [-0.4, -0.2) is 48.2 Å². The van der Waals surface area contributed by atoms with E-state index in [1.165, 1.54) is 0 Å². The van der Waals surface area contributed by atoms with Crippen molar-refractivity contribution in [3.05, 3.63) is 71.2 Å². The van der Waals surface area contributed by atoms with Crippen molar-refractivity contribution < 1.29 is 23.8 Å². The number of ether oxygens (including phenoxy) is 3. The van der Waals surface area contributed by atoms with Gasteiger partial charge in [0.15, 0.2) is 6.61 Å². The highest BCUT2D eigenvalue weighted by Gasteiger charge is 2.21. The van der Waals surface area contributed by atoms with Crippen LogP contribution in [0.5, 0.6) is 5.75 Å². The number of aromatic nitrogens is 2. The van der Waals surface area contributed by atoms with Crippen LogP contribution in [0, 0.1) is 13.8 Å². The molecule has 0 aliphatic rings. The lowest BCUT2D eigenvalue weighted by molar-refractivity contribution is 0.0475. The zero-order chi connectivity index (χ0) is 24.7. The highest BCUT2D eigenvalue weighted by molar-refractivity contribution is 6.01. The Labute approximate surface area is 199 Å². The van der Waals surface area contributed by atoms with Crippen molar-refractivity contribution in [2.24, 2.45) is 0 Å². The summed E-state index contributed by atoms with van der Waals surface area (Å²) in [4.78, 5) is 29.9. The number of carbonyl (C=O) groups excluding carboxylic acids is 2. The monoisotopic (exact) mass is 465 g/mol. The third kappa shape index (κ3) is 5.82. The van der Waals surface area contributed by atoms with Crippen molar-refractivity contribution in [2.75, 3.05) is 32.2 Å². The number of pyridine rings is 1. The highest BCUT2D eigenvalue weighted by atomic mass is 16.5. The molecule has 8 nitrogen and oxygen atoms in total. The van der Waals surface area contributed by atoms with Gasteiger partial charge in [0, 0.05) is 35.9 Å². The number of methoxy groups -OCH3 is 1. The van der Waals surface area contributed by atoms with Crippen LogP contribution in [0.4, 0.5) is 11.5 Å². The average Bonchev–Trinajstić information content (AvgIpc) is 3.13. The van der Waals surface area contributed by atoms with Gasteiger partial charge in [-0.15, -0.1) is 0 Å². The van der Waals surface area contributed by atoms with Gasteiger partial charge in [0.05, 0.1) is 19.3 Å². The number of carbonyl (C=O) groups is 2. The molecule has 3 aromatic rings. The molecule has 0 fully saturated rings. The summed E-state index contributed by atoms with van der Waals surface area (Å²) in [5.41, 5.74) is 3.29. The van der Waals surface area contributed by atoms with Gasteiger partial charge in [-0.2, -0.15) is 0 Å². The van der Waals surface area contributed by atoms with Gasteiger partial charge in [-0.05, 0) is 70.2 Å². The van der Waals surface area contributed by atoms with E-state index >= 15 is 0 Å². The van der Waals surface area contributed by atoms with Gasteiger partial charge < -0.3 is 24.1 Å². The van der Waals surface area contributed by atoms with Crippen molar-refractivity contribution in [2.45, 2.75) is 33.7 Å². The molecule has 0 saturated heterocycles. The molecule has 1 N–H and O–H groups in total. The molecule has 0 unspecified atom stereocenters. The molecule has 8 heteroatoms. The van der Waals surface area contributed by atoms with Crippen LogP contribution in [-0.2, 0) is 9.47 Å². The van der Waals surface area contributed by atoms with Gasteiger partial charge >= 0.3 is 5.97 Å². The summed E-state index contributed by atoms with van der Waals surface area (Å²) in [6.07, 6.45) is 1.58. The quantitative estimate of drug-likeness (QED) is 0.318. The molecule has 0 aliphatic heterocycles. The van der Waals surface area contributed by atoms with Crippen molar-refractivity contribution >= 4 is 23.3 Å². The Morgan fingerprint density at radius 1 is 1.12 bits per heavy atom. The second-order valence-corrected chi connectivity index (χ2v) is 7.94. The summed E-state index contributed by atoms with van der Waals surface area (Å²) in [5, 5.41) is 3.12. The lowest BCUT2D eigenvalue weighted by Crippen LogP contribution is -2.17. The zero-order valence-electron chi connectivity index (χ0n) is 20.3. The predicted octanol–water partition coefficient (Wildman–Crippen LogP) is 4.89. The van der Waals surface area contributed by atoms with E-state index in [4.69, 9.17) is 14.2 Å². The molecule has 1 atom stereocenters. The fraction of sp³-hybridized carbons (Fsp3) is 0.346. The lowest BCUT2D eigenvalue weighted by Gasteiger charge is -2.17. The highest BCUT2D eigenvalue weighted by Crippen LogP contribution is 2.23. The third-order valence-corrected chi connectivity index (χ3v) is 5.42. The summed E-state index contributed by atoms with van der Waals surface area (Å²) in [6, 6.07) is 12.5. The molecule has 180 valence electrons. The molecule has 0 radical (unpaired) electrons. The second kappa shape index (κ2) is 11.5. The number of hydrogen-bond donors (Lipinski definition) is 1. The summed E-state index contributed by atoms with van der Waals surface area (Å²) < 4.78 is 18.1. The minimum Gasteiger partial charge on any atom is -0.494 e. The Kier molecular flexibility index (Phi) is 8.43. The van der Waals surface area contributed by atoms with Crippen molar-refractivity contribution in [1.29, 1.82) is 0 Å². The Morgan fingerprint density at radius 2 is 1.85 bits per heavy atom. The molecular weight excluding hydrogens is 434 g/mol. The minimum absolute atomic E-state index is 0.0840. The molecule has 0 bridgehead atoms. The lowest BCUT2D eigenvalue weighted by atomic mass is 10.1. The Balaban J connectivity index is 1.69. The number of nitrogens with one attached hydrogen (secondary N) is 1. The Bertz CT molecular complexity index is 1140. The van der Waals surface area contributed by atoms with Gasteiger partial charge in [0.2, 0.25) is 5.78 Å². The summed E-state index contributed by atoms with van der Waals surface area (Å²) in [5.74, 6) is 0.206. The number of benzene rings is 1. The van der Waals surface area contributed by atoms with E-state index in [-0.39, 0.29) is 24.0 Å². The molecule has 0 spiro atoms. The number of ketones is 1. The second-order valence-electron chi connectivity index (χ2n) is 7.94. The van der Waals surface area contributed by atoms with Crippen molar-refractivity contribution in [3.63, 3.8) is 0 Å². The number of anilines is 2. The largest absolute Gasteiger partial charge is 0.494 e. The van der Waals surface area contributed by atoms with Crippen LogP contribution in [0.2, 0.25) is 0 Å². The van der Waals surface area contributed by atoms with Gasteiger partial charge in [-0.3, -0.25) is 4.79 Å². The Morgan fingerprint density at radius 3 is 2.53 bits per heavy atom. The van der Waals surface area contributed by atoms with Crippen LogP contribution in [0.3, 0.4) is 0 Å². The standard InChI is InChI=1S/C26H31N3O5/c1-6-33-21-11-9-20(10-12-21)28-25-22(8-7-13-27-25)26(31)34-16-24(30)23-14-17(2)29(19(23)4)18(3)15-32-5/h7-14,18H,6,15-16H2,1-5H3,(H,27,28)/t18-/m1/s1. The Hall–Kier alpha value is -3.65. The molecule has 1 aromatic carbocycles. The number of rotatable bonds is 11. The molecule has 34 heavy (non-hydrogen) atoms. The number of Topliss-reactive ketones (excluding diaryl/α,β-unsaturated/α-hetero) is 1. The van der Waals surface area contributed by atoms with E-state index < -0.39 is 5.97 Å². The van der Waals surface area contributed by atoms with E-state index in [2.05, 4.69) is 14.9 Å². The molecule has 0 amide bonds. The van der Waals surface area contributed by atoms with Crippen LogP contribution in [0.1, 0.15) is 52.0 Å². The average molecular weight is 466 g/mol. The summed E-state index contributed by atoms with van der Waals surface area (Å²) in [7, 11) is 1.65. The first kappa shape index (κ1) is 25.0. The van der Waals surface area contributed by atoms with Crippen LogP contribution in [0.15, 0.2) is 48.7 Å². The topological polar surface area (TPSA) is 91.7 Å². The molecule has 2 aromatic heterocycles. The van der Waals surface area contributed by atoms with E-state index in [0.717, 1.165) is 22.8 Å². The fourth-order valence-corrected chi connectivity index (χ4v) is 3.95. The maximum atomic E-state index is 12.8. The molecule has 0 aliphatic carbocycles. The molecule has 3 rings (SSSR count). The van der Waals surface area contributed by atoms with E-state index in [0.29, 0.717) is 24.6 Å². The predicted molar refractivity (Wildman–Crippen MR) is 130 cm³/mol. The summed E-state index contributed by atoms with van der Waals surface area (Å²) >= 11 is 0. The van der Waals surface area contributed by atoms with Gasteiger partial charge in [0.1, 0.15) is 17.1 Å². The number of aryl methyl sites for hydroxylation is 1. The first-order valence-corrected chi connectivity index (χ1v) is 11.2. The normalized spacial score (nSPS) is 11.7. The minimum atomic E-state index is -0.628. The van der Waals surface area contributed by atoms with Crippen molar-refractivity contribution in [1.82, 2.24) is 9.55 Å². The number of hydrogen-bond acceptors (Lipinski definition) is 7. The fourth-order valence-electron chi connectivity index (χ4n) is 3.95. The number of esters is 1. The first-order valence-electron chi connectivity index (χ1n) is 11.2. The third-order valence-electron chi connectivity index (χ3n) is 5.42.